The van der Waals surface area contributed by atoms with E-state index in [1.54, 1.807) is 0 Å². The van der Waals surface area contributed by atoms with E-state index in [1.807, 2.05) is 18.2 Å². The molecule has 7 nitrogen and oxygen atoms in total. The fourth-order valence-electron chi connectivity index (χ4n) is 3.16. The number of benzene rings is 1. The quantitative estimate of drug-likeness (QED) is 0.459. The van der Waals surface area contributed by atoms with Crippen molar-refractivity contribution in [1.82, 2.24) is 9.78 Å². The van der Waals surface area contributed by atoms with Crippen LogP contribution in [0.4, 0.5) is 5.69 Å². The molecule has 0 radical (unpaired) electrons. The number of carbonyl (C=O) groups excluding carboxylic acids is 1. The van der Waals surface area contributed by atoms with E-state index in [0.717, 1.165) is 23.7 Å². The maximum Gasteiger partial charge on any atom is 0.308 e. The lowest BCUT2D eigenvalue weighted by Crippen LogP contribution is -2.23. The highest BCUT2D eigenvalue weighted by Gasteiger charge is 2.41. The van der Waals surface area contributed by atoms with E-state index in [2.05, 4.69) is 18.9 Å². The van der Waals surface area contributed by atoms with Crippen LogP contribution in [-0.2, 0) is 22.5 Å². The largest absolute Gasteiger partial charge is 0.457 e. The van der Waals surface area contributed by atoms with Crippen molar-refractivity contribution in [3.05, 3.63) is 56.9 Å². The van der Waals surface area contributed by atoms with Gasteiger partial charge in [-0.15, -0.1) is 0 Å². The lowest BCUT2D eigenvalue weighted by atomic mass is 9.87. The van der Waals surface area contributed by atoms with Crippen molar-refractivity contribution in [1.29, 1.82) is 0 Å². The second-order valence-corrected chi connectivity index (χ2v) is 7.28. The minimum atomic E-state index is -0.524. The predicted octanol–water partition coefficient (Wildman–Crippen LogP) is 3.70. The molecule has 8 heteroatoms. The molecule has 0 fully saturated rings. The molecule has 1 heterocycles. The van der Waals surface area contributed by atoms with Crippen molar-refractivity contribution in [3.63, 3.8) is 0 Å². The molecule has 0 aliphatic heterocycles. The monoisotopic (exact) mass is 363 g/mol. The van der Waals surface area contributed by atoms with Crippen LogP contribution in [-0.4, -0.2) is 20.7 Å². The summed E-state index contributed by atoms with van der Waals surface area (Å²) in [5.74, 6) is -0.371. The molecule has 1 aliphatic carbocycles. The summed E-state index contributed by atoms with van der Waals surface area (Å²) in [5.41, 5.74) is 1.76. The molecule has 0 bridgehead atoms. The number of rotatable bonds is 5. The van der Waals surface area contributed by atoms with Gasteiger partial charge in [0.25, 0.3) is 0 Å². The van der Waals surface area contributed by atoms with Gasteiger partial charge < -0.3 is 4.74 Å². The summed E-state index contributed by atoms with van der Waals surface area (Å²) >= 11 is 6.08. The van der Waals surface area contributed by atoms with Gasteiger partial charge in [0, 0.05) is 10.4 Å². The highest BCUT2D eigenvalue weighted by molar-refractivity contribution is 6.30. The van der Waals surface area contributed by atoms with Gasteiger partial charge in [-0.3, -0.25) is 19.6 Å². The second kappa shape index (κ2) is 6.48. The first kappa shape index (κ1) is 17.4. The molecule has 2 aromatic rings. The summed E-state index contributed by atoms with van der Waals surface area (Å²) in [6.45, 7) is 4.33. The lowest BCUT2D eigenvalue weighted by Gasteiger charge is -2.27. The van der Waals surface area contributed by atoms with Gasteiger partial charge in [-0.1, -0.05) is 31.5 Å². The Morgan fingerprint density at radius 3 is 2.96 bits per heavy atom. The van der Waals surface area contributed by atoms with Gasteiger partial charge >= 0.3 is 11.7 Å². The van der Waals surface area contributed by atoms with Gasteiger partial charge in [-0.25, -0.2) is 0 Å². The highest BCUT2D eigenvalue weighted by atomic mass is 35.5. The third kappa shape index (κ3) is 3.66. The van der Waals surface area contributed by atoms with Crippen LogP contribution in [0.25, 0.3) is 0 Å². The Hall–Kier alpha value is -2.41. The average molecular weight is 364 g/mol. The third-order valence-corrected chi connectivity index (χ3v) is 4.61. The number of hydrogen-bond donors (Lipinski definition) is 0. The molecule has 1 aromatic carbocycles. The first-order valence-corrected chi connectivity index (χ1v) is 8.29. The number of esters is 1. The Morgan fingerprint density at radius 1 is 1.52 bits per heavy atom. The summed E-state index contributed by atoms with van der Waals surface area (Å²) in [4.78, 5) is 22.4. The summed E-state index contributed by atoms with van der Waals surface area (Å²) < 4.78 is 7.08. The van der Waals surface area contributed by atoms with E-state index in [4.69, 9.17) is 16.3 Å². The van der Waals surface area contributed by atoms with Crippen LogP contribution < -0.4 is 0 Å². The summed E-state index contributed by atoms with van der Waals surface area (Å²) in [5, 5.41) is 15.1. The third-order valence-electron chi connectivity index (χ3n) is 4.37. The molecular formula is C17H18ClN3O4. The van der Waals surface area contributed by atoms with Crippen molar-refractivity contribution in [2.24, 2.45) is 5.41 Å². The molecule has 0 saturated carbocycles. The van der Waals surface area contributed by atoms with E-state index in [1.165, 1.54) is 10.9 Å². The average Bonchev–Trinajstić information content (AvgIpc) is 3.09. The zero-order valence-electron chi connectivity index (χ0n) is 13.9. The number of nitro groups is 1. The Labute approximate surface area is 149 Å². The lowest BCUT2D eigenvalue weighted by molar-refractivity contribution is -0.385. The van der Waals surface area contributed by atoms with Crippen LogP contribution in [0.5, 0.6) is 0 Å². The van der Waals surface area contributed by atoms with Gasteiger partial charge in [0.1, 0.15) is 18.5 Å². The molecule has 1 unspecified atom stereocenters. The van der Waals surface area contributed by atoms with Crippen molar-refractivity contribution in [2.75, 3.05) is 0 Å². The number of hydrogen-bond acceptors (Lipinski definition) is 5. The zero-order valence-corrected chi connectivity index (χ0v) is 14.7. The topological polar surface area (TPSA) is 87.3 Å². The maximum absolute atomic E-state index is 12.3. The van der Waals surface area contributed by atoms with E-state index in [9.17, 15) is 14.9 Å². The normalized spacial score (nSPS) is 18.0. The summed E-state index contributed by atoms with van der Waals surface area (Å²) in [6.07, 6.45) is 2.98. The van der Waals surface area contributed by atoms with Crippen LogP contribution in [0.3, 0.4) is 0 Å². The number of ether oxygens (including phenoxy) is 1. The molecule has 1 aliphatic rings. The fraction of sp³-hybridized carbons (Fsp3) is 0.412. The molecule has 3 rings (SSSR count). The van der Waals surface area contributed by atoms with Crippen molar-refractivity contribution < 1.29 is 14.5 Å². The number of fused-ring (bicyclic) bond motifs is 1. The molecule has 0 spiro atoms. The molecule has 1 atom stereocenters. The van der Waals surface area contributed by atoms with Gasteiger partial charge in [-0.2, -0.15) is 5.10 Å². The second-order valence-electron chi connectivity index (χ2n) is 6.85. The Bertz CT molecular complexity index is 831. The van der Waals surface area contributed by atoms with Crippen LogP contribution in [0.2, 0.25) is 5.02 Å². The SMILES string of the molecule is CC1(C)Cc2ccc(Cl)cc2C1OC(=O)CCn1cc([N+](=O)[O-])cn1. The number of aromatic nitrogens is 2. The summed E-state index contributed by atoms with van der Waals surface area (Å²) in [7, 11) is 0. The van der Waals surface area contributed by atoms with E-state index >= 15 is 0 Å². The minimum absolute atomic E-state index is 0.0846. The van der Waals surface area contributed by atoms with Gasteiger partial charge in [-0.05, 0) is 29.7 Å². The number of carbonyl (C=O) groups is 1. The van der Waals surface area contributed by atoms with Crippen LogP contribution in [0, 0.1) is 15.5 Å². The highest BCUT2D eigenvalue weighted by Crippen LogP contribution is 2.48. The molecule has 0 saturated heterocycles. The van der Waals surface area contributed by atoms with E-state index < -0.39 is 4.92 Å². The van der Waals surface area contributed by atoms with E-state index in [-0.39, 0.29) is 36.1 Å². The van der Waals surface area contributed by atoms with E-state index in [0.29, 0.717) is 5.02 Å². The molecular weight excluding hydrogens is 346 g/mol. The van der Waals surface area contributed by atoms with Crippen molar-refractivity contribution in [2.45, 2.75) is 39.3 Å². The van der Waals surface area contributed by atoms with Crippen molar-refractivity contribution >= 4 is 23.3 Å². The number of nitrogens with zero attached hydrogens (tertiary/aromatic N) is 3. The Kier molecular flexibility index (Phi) is 4.51. The minimum Gasteiger partial charge on any atom is -0.457 e. The van der Waals surface area contributed by atoms with Gasteiger partial charge in [0.05, 0.1) is 17.9 Å². The summed E-state index contributed by atoms with van der Waals surface area (Å²) in [6, 6.07) is 5.65. The standard InChI is InChI=1S/C17H18ClN3O4/c1-17(2)8-11-3-4-12(18)7-14(11)16(17)25-15(22)5-6-20-10-13(9-19-20)21(23)24/h3-4,7,9-10,16H,5-6,8H2,1-2H3. The number of aryl methyl sites for hydroxylation is 1. The molecule has 0 N–H and O–H groups in total. The number of halogens is 1. The smallest absolute Gasteiger partial charge is 0.308 e. The first-order valence-electron chi connectivity index (χ1n) is 7.91. The molecule has 0 amide bonds. The van der Waals surface area contributed by atoms with Gasteiger partial charge in [0.2, 0.25) is 0 Å². The van der Waals surface area contributed by atoms with Crippen LogP contribution in [0.1, 0.15) is 37.5 Å². The van der Waals surface area contributed by atoms with Crippen LogP contribution in [0.15, 0.2) is 30.6 Å². The maximum atomic E-state index is 12.3. The fourth-order valence-corrected chi connectivity index (χ4v) is 3.34. The molecule has 25 heavy (non-hydrogen) atoms. The molecule has 132 valence electrons. The molecule has 1 aromatic heterocycles. The van der Waals surface area contributed by atoms with Crippen LogP contribution >= 0.6 is 11.6 Å². The predicted molar refractivity (Wildman–Crippen MR) is 91.3 cm³/mol. The van der Waals surface area contributed by atoms with Crippen molar-refractivity contribution in [3.8, 4) is 0 Å². The van der Waals surface area contributed by atoms with Gasteiger partial charge in [0.15, 0.2) is 0 Å². The Balaban J connectivity index is 1.66. The Morgan fingerprint density at radius 2 is 2.28 bits per heavy atom. The first-order chi connectivity index (χ1) is 11.8. The zero-order chi connectivity index (χ0) is 18.2.